The molecule has 1 atom stereocenters. The van der Waals surface area contributed by atoms with Crippen molar-refractivity contribution < 1.29 is 4.79 Å². The minimum atomic E-state index is -0.00215. The fourth-order valence-corrected chi connectivity index (χ4v) is 4.08. The molecule has 2 aliphatic heterocycles. The van der Waals surface area contributed by atoms with E-state index in [4.69, 9.17) is 0 Å². The minimum absolute atomic E-state index is 0. The van der Waals surface area contributed by atoms with Crippen LogP contribution in [0.1, 0.15) is 31.5 Å². The Morgan fingerprint density at radius 2 is 2.03 bits per heavy atom. The van der Waals surface area contributed by atoms with Crippen molar-refractivity contribution in [3.63, 3.8) is 0 Å². The van der Waals surface area contributed by atoms with Gasteiger partial charge < -0.3 is 15.5 Å². The number of para-hydroxylation sites is 1. The third kappa shape index (κ3) is 5.46. The summed E-state index contributed by atoms with van der Waals surface area (Å²) in [4.78, 5) is 30.8. The van der Waals surface area contributed by atoms with E-state index in [-0.39, 0.29) is 41.6 Å². The molecule has 2 aliphatic rings. The van der Waals surface area contributed by atoms with E-state index in [0.29, 0.717) is 32.0 Å². The van der Waals surface area contributed by atoms with Gasteiger partial charge in [-0.25, -0.2) is 9.48 Å². The fraction of sp³-hybridized carbons (Fsp3) is 0.524. The van der Waals surface area contributed by atoms with Gasteiger partial charge >= 0.3 is 5.69 Å². The molecule has 0 bridgehead atoms. The SMILES string of the molecule is CN=C(NCCCn1nc2n(c1=O)CCCC2)NC1CC(=O)N(c2ccccc2)C1.I. The lowest BCUT2D eigenvalue weighted by atomic mass is 10.2. The highest BCUT2D eigenvalue weighted by molar-refractivity contribution is 14.0. The molecule has 0 radical (unpaired) electrons. The van der Waals surface area contributed by atoms with Crippen molar-refractivity contribution in [2.45, 2.75) is 51.2 Å². The van der Waals surface area contributed by atoms with E-state index in [9.17, 15) is 9.59 Å². The Balaban J connectivity index is 0.00000272. The number of nitrogens with one attached hydrogen (secondary N) is 2. The number of nitrogens with zero attached hydrogens (tertiary/aromatic N) is 5. The van der Waals surface area contributed by atoms with Crippen molar-refractivity contribution in [2.75, 3.05) is 25.0 Å². The summed E-state index contributed by atoms with van der Waals surface area (Å²) < 4.78 is 3.37. The highest BCUT2D eigenvalue weighted by Gasteiger charge is 2.31. The van der Waals surface area contributed by atoms with Crippen LogP contribution in [0.4, 0.5) is 5.69 Å². The molecule has 4 rings (SSSR count). The van der Waals surface area contributed by atoms with Crippen LogP contribution >= 0.6 is 24.0 Å². The van der Waals surface area contributed by atoms with Crippen molar-refractivity contribution in [2.24, 2.45) is 4.99 Å². The van der Waals surface area contributed by atoms with Gasteiger partial charge in [0.1, 0.15) is 5.82 Å². The third-order valence-electron chi connectivity index (χ3n) is 5.63. The van der Waals surface area contributed by atoms with Crippen LogP contribution in [0.25, 0.3) is 0 Å². The van der Waals surface area contributed by atoms with Crippen LogP contribution in [0.5, 0.6) is 0 Å². The van der Waals surface area contributed by atoms with E-state index in [1.54, 1.807) is 21.2 Å². The van der Waals surface area contributed by atoms with Crippen molar-refractivity contribution in [1.82, 2.24) is 25.0 Å². The second-order valence-electron chi connectivity index (χ2n) is 7.77. The van der Waals surface area contributed by atoms with Crippen LogP contribution in [0.2, 0.25) is 0 Å². The molecule has 3 heterocycles. The van der Waals surface area contributed by atoms with Gasteiger partial charge in [0.05, 0.1) is 6.04 Å². The molecule has 1 amide bonds. The number of hydrogen-bond donors (Lipinski definition) is 2. The predicted molar refractivity (Wildman–Crippen MR) is 131 cm³/mol. The summed E-state index contributed by atoms with van der Waals surface area (Å²) in [6.45, 7) is 2.63. The summed E-state index contributed by atoms with van der Waals surface area (Å²) in [6, 6.07) is 9.72. The zero-order valence-electron chi connectivity index (χ0n) is 17.8. The van der Waals surface area contributed by atoms with Crippen molar-refractivity contribution >= 4 is 41.5 Å². The first-order valence-electron chi connectivity index (χ1n) is 10.6. The monoisotopic (exact) mass is 539 g/mol. The van der Waals surface area contributed by atoms with Gasteiger partial charge in [0.25, 0.3) is 0 Å². The quantitative estimate of drug-likeness (QED) is 0.250. The fourth-order valence-electron chi connectivity index (χ4n) is 4.08. The number of carbonyl (C=O) groups is 1. The number of anilines is 1. The van der Waals surface area contributed by atoms with Crippen LogP contribution in [-0.4, -0.2) is 52.4 Å². The number of hydrogen-bond acceptors (Lipinski definition) is 4. The standard InChI is InChI=1S/C21H29N7O2.HI/c1-22-20(24-16-14-19(29)27(15-16)17-8-3-2-4-9-17)23-11-7-13-28-21(30)26-12-6-5-10-18(26)25-28;/h2-4,8-9,16H,5-7,10-15H2,1H3,(H2,22,23,24);1H. The summed E-state index contributed by atoms with van der Waals surface area (Å²) in [6.07, 6.45) is 4.23. The largest absolute Gasteiger partial charge is 0.356 e. The summed E-state index contributed by atoms with van der Waals surface area (Å²) in [5, 5.41) is 11.1. The van der Waals surface area contributed by atoms with Crippen LogP contribution < -0.4 is 21.2 Å². The molecule has 1 saturated heterocycles. The zero-order valence-corrected chi connectivity index (χ0v) is 20.1. The molecular formula is C21H30IN7O2. The molecule has 9 nitrogen and oxygen atoms in total. The molecule has 10 heteroatoms. The molecule has 0 aliphatic carbocycles. The average molecular weight is 539 g/mol. The van der Waals surface area contributed by atoms with Crippen molar-refractivity contribution in [3.8, 4) is 0 Å². The average Bonchev–Trinajstić information content (AvgIpc) is 3.30. The lowest BCUT2D eigenvalue weighted by Crippen LogP contribution is -2.45. The lowest BCUT2D eigenvalue weighted by molar-refractivity contribution is -0.117. The Morgan fingerprint density at radius 3 is 2.77 bits per heavy atom. The predicted octanol–water partition coefficient (Wildman–Crippen LogP) is 1.36. The third-order valence-corrected chi connectivity index (χ3v) is 5.63. The number of halogens is 1. The maximum absolute atomic E-state index is 12.4. The van der Waals surface area contributed by atoms with E-state index >= 15 is 0 Å². The van der Waals surface area contributed by atoms with Gasteiger partial charge in [-0.15, -0.1) is 24.0 Å². The first-order valence-corrected chi connectivity index (χ1v) is 10.6. The minimum Gasteiger partial charge on any atom is -0.356 e. The summed E-state index contributed by atoms with van der Waals surface area (Å²) in [5.41, 5.74) is 0.917. The van der Waals surface area contributed by atoms with Gasteiger partial charge in [-0.05, 0) is 31.4 Å². The molecule has 1 aromatic carbocycles. The molecule has 2 N–H and O–H groups in total. The highest BCUT2D eigenvalue weighted by Crippen LogP contribution is 2.20. The van der Waals surface area contributed by atoms with Crippen molar-refractivity contribution in [1.29, 1.82) is 0 Å². The van der Waals surface area contributed by atoms with Gasteiger partial charge in [-0.1, -0.05) is 18.2 Å². The number of aryl methyl sites for hydroxylation is 2. The molecule has 1 fully saturated rings. The van der Waals surface area contributed by atoms with Crippen LogP contribution in [0.15, 0.2) is 40.1 Å². The second-order valence-corrected chi connectivity index (χ2v) is 7.77. The molecule has 31 heavy (non-hydrogen) atoms. The smallest absolute Gasteiger partial charge is 0.345 e. The van der Waals surface area contributed by atoms with Crippen LogP contribution in [0, 0.1) is 0 Å². The Morgan fingerprint density at radius 1 is 1.23 bits per heavy atom. The number of guanidine groups is 1. The molecule has 0 saturated carbocycles. The second kappa shape index (κ2) is 10.8. The molecule has 168 valence electrons. The Kier molecular flexibility index (Phi) is 8.10. The molecule has 1 aromatic heterocycles. The first kappa shape index (κ1) is 23.3. The van der Waals surface area contributed by atoms with Crippen LogP contribution in [0.3, 0.4) is 0 Å². The number of aromatic nitrogens is 3. The Bertz CT molecular complexity index is 970. The van der Waals surface area contributed by atoms with Crippen LogP contribution in [-0.2, 0) is 24.3 Å². The number of benzene rings is 1. The zero-order chi connectivity index (χ0) is 20.9. The highest BCUT2D eigenvalue weighted by atomic mass is 127. The van der Waals surface area contributed by atoms with Gasteiger partial charge in [0.2, 0.25) is 5.91 Å². The molecule has 1 unspecified atom stereocenters. The normalized spacial score (nSPS) is 18.5. The Hall–Kier alpha value is -2.37. The van der Waals surface area contributed by atoms with E-state index in [2.05, 4.69) is 20.7 Å². The molecule has 2 aromatic rings. The molecule has 0 spiro atoms. The van der Waals surface area contributed by atoms with Gasteiger partial charge in [0, 0.05) is 51.8 Å². The van der Waals surface area contributed by atoms with E-state index < -0.39 is 0 Å². The Labute approximate surface area is 198 Å². The number of aliphatic imine (C=N–C) groups is 1. The number of rotatable bonds is 6. The summed E-state index contributed by atoms with van der Waals surface area (Å²) >= 11 is 0. The van der Waals surface area contributed by atoms with Gasteiger partial charge in [0.15, 0.2) is 5.96 Å². The number of amides is 1. The summed E-state index contributed by atoms with van der Waals surface area (Å²) in [5.74, 6) is 1.68. The topological polar surface area (TPSA) is 96.5 Å². The maximum Gasteiger partial charge on any atom is 0.345 e. The lowest BCUT2D eigenvalue weighted by Gasteiger charge is -2.19. The first-order chi connectivity index (χ1) is 14.7. The maximum atomic E-state index is 12.4. The van der Waals surface area contributed by atoms with Gasteiger partial charge in [-0.2, -0.15) is 5.10 Å². The summed E-state index contributed by atoms with van der Waals surface area (Å²) in [7, 11) is 1.72. The van der Waals surface area contributed by atoms with Gasteiger partial charge in [-0.3, -0.25) is 14.4 Å². The van der Waals surface area contributed by atoms with E-state index in [0.717, 1.165) is 43.7 Å². The number of carbonyl (C=O) groups excluding carboxylic acids is 1. The van der Waals surface area contributed by atoms with E-state index in [1.165, 1.54) is 0 Å². The molecular weight excluding hydrogens is 509 g/mol. The van der Waals surface area contributed by atoms with Crippen molar-refractivity contribution in [3.05, 3.63) is 46.6 Å². The van der Waals surface area contributed by atoms with E-state index in [1.807, 2.05) is 30.3 Å². The number of fused-ring (bicyclic) bond motifs is 1.